The van der Waals surface area contributed by atoms with Crippen molar-refractivity contribution in [2.24, 2.45) is 10.4 Å². The van der Waals surface area contributed by atoms with Gasteiger partial charge in [0, 0.05) is 16.5 Å². The zero-order valence-corrected chi connectivity index (χ0v) is 12.6. The Morgan fingerprint density at radius 1 is 1.18 bits per heavy atom. The minimum Gasteiger partial charge on any atom is -0.281 e. The molecule has 1 atom stereocenters. The van der Waals surface area contributed by atoms with Crippen molar-refractivity contribution in [3.63, 3.8) is 0 Å². The van der Waals surface area contributed by atoms with E-state index in [1.807, 2.05) is 0 Å². The van der Waals surface area contributed by atoms with Gasteiger partial charge in [-0.15, -0.1) is 0 Å². The van der Waals surface area contributed by atoms with E-state index in [4.69, 9.17) is 4.99 Å². The second-order valence-corrected chi connectivity index (χ2v) is 6.58. The molecule has 1 aromatic carbocycles. The predicted molar refractivity (Wildman–Crippen MR) is 78.3 cm³/mol. The van der Waals surface area contributed by atoms with E-state index in [1.165, 1.54) is 16.8 Å². The van der Waals surface area contributed by atoms with Crippen molar-refractivity contribution in [3.8, 4) is 0 Å². The number of halogens is 1. The average Bonchev–Trinajstić information content (AvgIpc) is 2.51. The van der Waals surface area contributed by atoms with Crippen LogP contribution in [0.5, 0.6) is 0 Å². The van der Waals surface area contributed by atoms with E-state index < -0.39 is 0 Å². The molecule has 92 valence electrons. The van der Waals surface area contributed by atoms with Gasteiger partial charge in [-0.25, -0.2) is 0 Å². The Morgan fingerprint density at radius 2 is 1.76 bits per heavy atom. The van der Waals surface area contributed by atoms with E-state index in [0.29, 0.717) is 0 Å². The summed E-state index contributed by atoms with van der Waals surface area (Å²) in [6, 6.07) is 8.71. The van der Waals surface area contributed by atoms with E-state index in [-0.39, 0.29) is 11.0 Å². The highest BCUT2D eigenvalue weighted by Gasteiger charge is 2.42. The Labute approximate surface area is 112 Å². The number of rotatable bonds is 2. The van der Waals surface area contributed by atoms with Crippen LogP contribution in [0, 0.1) is 12.3 Å². The highest BCUT2D eigenvalue weighted by molar-refractivity contribution is 9.09. The summed E-state index contributed by atoms with van der Waals surface area (Å²) in [4.78, 5) is 4.96. The largest absolute Gasteiger partial charge is 0.281 e. The Balaban J connectivity index is 2.43. The predicted octanol–water partition coefficient (Wildman–Crippen LogP) is 4.37. The molecule has 0 bridgehead atoms. The van der Waals surface area contributed by atoms with Gasteiger partial charge >= 0.3 is 0 Å². The molecule has 1 nitrogen and oxygen atoms in total. The quantitative estimate of drug-likeness (QED) is 0.718. The van der Waals surface area contributed by atoms with Crippen LogP contribution >= 0.6 is 15.9 Å². The van der Waals surface area contributed by atoms with Crippen LogP contribution in [0.15, 0.2) is 29.3 Å². The highest BCUT2D eigenvalue weighted by Crippen LogP contribution is 2.42. The summed E-state index contributed by atoms with van der Waals surface area (Å²) in [5.41, 5.74) is 4.03. The molecule has 0 spiro atoms. The Kier molecular flexibility index (Phi) is 3.19. The summed E-state index contributed by atoms with van der Waals surface area (Å²) in [5.74, 6) is 0. The molecule has 0 radical (unpaired) electrons. The normalized spacial score (nSPS) is 27.0. The van der Waals surface area contributed by atoms with Crippen molar-refractivity contribution < 1.29 is 0 Å². The van der Waals surface area contributed by atoms with E-state index in [1.54, 1.807) is 0 Å². The van der Waals surface area contributed by atoms with Gasteiger partial charge in [-0.3, -0.25) is 4.99 Å². The van der Waals surface area contributed by atoms with Gasteiger partial charge in [0.2, 0.25) is 0 Å². The first kappa shape index (κ1) is 12.8. The molecule has 0 saturated carbocycles. The van der Waals surface area contributed by atoms with Gasteiger partial charge in [-0.1, -0.05) is 59.6 Å². The average molecular weight is 294 g/mol. The van der Waals surface area contributed by atoms with Crippen LogP contribution in [0.3, 0.4) is 0 Å². The molecule has 1 aromatic rings. The Morgan fingerprint density at radius 3 is 2.24 bits per heavy atom. The van der Waals surface area contributed by atoms with Crippen LogP contribution in [0.1, 0.15) is 38.3 Å². The molecule has 1 aliphatic rings. The number of aliphatic imine (C=N–C) groups is 1. The van der Waals surface area contributed by atoms with Gasteiger partial charge in [-0.2, -0.15) is 0 Å². The number of alkyl halides is 1. The molecular weight excluding hydrogens is 274 g/mol. The molecule has 1 heterocycles. The van der Waals surface area contributed by atoms with Gasteiger partial charge in [0.1, 0.15) is 0 Å². The molecule has 17 heavy (non-hydrogen) atoms. The van der Waals surface area contributed by atoms with Crippen molar-refractivity contribution in [1.29, 1.82) is 0 Å². The van der Waals surface area contributed by atoms with Crippen LogP contribution in [0.2, 0.25) is 0 Å². The zero-order valence-electron chi connectivity index (χ0n) is 11.0. The fourth-order valence-electron chi connectivity index (χ4n) is 2.74. The van der Waals surface area contributed by atoms with Crippen molar-refractivity contribution in [2.75, 3.05) is 5.33 Å². The molecule has 2 rings (SSSR count). The lowest BCUT2D eigenvalue weighted by Crippen LogP contribution is -2.26. The first-order valence-electron chi connectivity index (χ1n) is 6.10. The van der Waals surface area contributed by atoms with E-state index in [9.17, 15) is 0 Å². The summed E-state index contributed by atoms with van der Waals surface area (Å²) >= 11 is 3.59. The number of aryl methyl sites for hydroxylation is 1. The summed E-state index contributed by atoms with van der Waals surface area (Å²) in [5, 5.41) is 0.929. The Bertz CT molecular complexity index is 444. The van der Waals surface area contributed by atoms with E-state index in [0.717, 1.165) is 11.8 Å². The van der Waals surface area contributed by atoms with Crippen molar-refractivity contribution in [3.05, 3.63) is 35.4 Å². The van der Waals surface area contributed by atoms with Crippen LogP contribution in [0.4, 0.5) is 0 Å². The molecular formula is C15H20BrN. The molecule has 0 saturated heterocycles. The number of hydrogen-bond acceptors (Lipinski definition) is 1. The molecule has 1 unspecified atom stereocenters. The summed E-state index contributed by atoms with van der Waals surface area (Å²) in [6.45, 7) is 8.93. The molecule has 0 N–H and O–H groups in total. The van der Waals surface area contributed by atoms with Crippen LogP contribution in [0.25, 0.3) is 0 Å². The molecule has 0 aliphatic carbocycles. The summed E-state index contributed by atoms with van der Waals surface area (Å²) in [7, 11) is 0. The van der Waals surface area contributed by atoms with Crippen LogP contribution in [-0.4, -0.2) is 16.6 Å². The van der Waals surface area contributed by atoms with Gasteiger partial charge in [0.05, 0.1) is 5.54 Å². The lowest BCUT2D eigenvalue weighted by molar-refractivity contribution is 0.398. The van der Waals surface area contributed by atoms with Gasteiger partial charge in [0.25, 0.3) is 0 Å². The molecule has 0 fully saturated rings. The van der Waals surface area contributed by atoms with E-state index >= 15 is 0 Å². The summed E-state index contributed by atoms with van der Waals surface area (Å²) in [6.07, 6.45) is 1.11. The van der Waals surface area contributed by atoms with Crippen molar-refractivity contribution in [1.82, 2.24) is 0 Å². The van der Waals surface area contributed by atoms with Gasteiger partial charge in [-0.05, 0) is 25.8 Å². The standard InChI is InChI=1S/C15H20BrN/c1-11-5-7-12(8-6-11)13-14(2,3)9-15(4,10-16)17-13/h5-8H,9-10H2,1-4H3. The maximum absolute atomic E-state index is 4.96. The topological polar surface area (TPSA) is 12.4 Å². The fraction of sp³-hybridized carbons (Fsp3) is 0.533. The SMILES string of the molecule is Cc1ccc(C2=NC(C)(CBr)CC2(C)C)cc1. The fourth-order valence-corrected chi connectivity index (χ4v) is 3.06. The monoisotopic (exact) mass is 293 g/mol. The minimum atomic E-state index is 0.0454. The van der Waals surface area contributed by atoms with Crippen molar-refractivity contribution >= 4 is 21.6 Å². The summed E-state index contributed by atoms with van der Waals surface area (Å²) < 4.78 is 0. The second-order valence-electron chi connectivity index (χ2n) is 6.02. The third kappa shape index (κ3) is 2.47. The second kappa shape index (κ2) is 4.24. The van der Waals surface area contributed by atoms with Crippen LogP contribution in [-0.2, 0) is 0 Å². The van der Waals surface area contributed by atoms with Gasteiger partial charge in [0.15, 0.2) is 0 Å². The lowest BCUT2D eigenvalue weighted by atomic mass is 9.79. The molecule has 0 aromatic heterocycles. The third-order valence-corrected chi connectivity index (χ3v) is 4.67. The van der Waals surface area contributed by atoms with Gasteiger partial charge < -0.3 is 0 Å². The maximum atomic E-state index is 4.96. The molecule has 1 aliphatic heterocycles. The first-order chi connectivity index (χ1) is 7.86. The Hall–Kier alpha value is -0.630. The van der Waals surface area contributed by atoms with Crippen LogP contribution < -0.4 is 0 Å². The molecule has 0 amide bonds. The number of benzene rings is 1. The minimum absolute atomic E-state index is 0.0454. The van der Waals surface area contributed by atoms with E-state index in [2.05, 4.69) is 67.9 Å². The number of nitrogens with zero attached hydrogens (tertiary/aromatic N) is 1. The smallest absolute Gasteiger partial charge is 0.0689 e. The zero-order chi connectivity index (χ0) is 12.7. The highest BCUT2D eigenvalue weighted by atomic mass is 79.9. The van der Waals surface area contributed by atoms with Crippen molar-refractivity contribution in [2.45, 2.75) is 39.7 Å². The maximum Gasteiger partial charge on any atom is 0.0689 e. The lowest BCUT2D eigenvalue weighted by Gasteiger charge is -2.24. The third-order valence-electron chi connectivity index (χ3n) is 3.46. The first-order valence-corrected chi connectivity index (χ1v) is 7.22. The molecule has 2 heteroatoms. The number of hydrogen-bond donors (Lipinski definition) is 0.